The van der Waals surface area contributed by atoms with E-state index >= 15 is 0 Å². The molecule has 0 bridgehead atoms. The first kappa shape index (κ1) is 12.9. The Hall–Kier alpha value is -0.120. The average molecular weight is 215 g/mol. The number of rotatable bonds is 2. The molecule has 0 spiro atoms. The zero-order chi connectivity index (χ0) is 11.7. The molecule has 0 saturated carbocycles. The van der Waals surface area contributed by atoms with E-state index in [9.17, 15) is 0 Å². The van der Waals surface area contributed by atoms with Gasteiger partial charge in [0, 0.05) is 26.2 Å². The molecule has 3 nitrogen and oxygen atoms in total. The first-order valence-corrected chi connectivity index (χ1v) is 5.71. The van der Waals surface area contributed by atoms with Crippen molar-refractivity contribution >= 4 is 0 Å². The van der Waals surface area contributed by atoms with Crippen molar-refractivity contribution in [3.05, 3.63) is 0 Å². The second kappa shape index (κ2) is 4.40. The summed E-state index contributed by atoms with van der Waals surface area (Å²) < 4.78 is 11.5. The van der Waals surface area contributed by atoms with Crippen molar-refractivity contribution in [1.29, 1.82) is 0 Å². The highest BCUT2D eigenvalue weighted by Gasteiger charge is 2.37. The van der Waals surface area contributed by atoms with Crippen molar-refractivity contribution in [3.63, 3.8) is 0 Å². The van der Waals surface area contributed by atoms with E-state index in [0.717, 1.165) is 13.1 Å². The molecule has 0 unspecified atom stereocenters. The van der Waals surface area contributed by atoms with Crippen LogP contribution in [0, 0.1) is 0 Å². The molecule has 0 N–H and O–H groups in total. The van der Waals surface area contributed by atoms with Gasteiger partial charge in [0.2, 0.25) is 0 Å². The maximum atomic E-state index is 5.91. The van der Waals surface area contributed by atoms with E-state index in [1.807, 2.05) is 0 Å². The van der Waals surface area contributed by atoms with Crippen molar-refractivity contribution in [2.75, 3.05) is 26.8 Å². The predicted octanol–water partition coefficient (Wildman–Crippen LogP) is 1.91. The molecule has 3 heteroatoms. The molecule has 1 fully saturated rings. The SMILES string of the molecule is CO[C@@]1(C)COC(C)(C)CN(C(C)C)C1. The van der Waals surface area contributed by atoms with Crippen molar-refractivity contribution < 1.29 is 9.47 Å². The zero-order valence-electron chi connectivity index (χ0n) is 11.0. The molecular formula is C12H25NO2. The number of ether oxygens (including phenoxy) is 2. The lowest BCUT2D eigenvalue weighted by molar-refractivity contribution is -0.0912. The van der Waals surface area contributed by atoms with Gasteiger partial charge in [-0.3, -0.25) is 4.90 Å². The topological polar surface area (TPSA) is 21.7 Å². The zero-order valence-corrected chi connectivity index (χ0v) is 11.0. The number of hydrogen-bond acceptors (Lipinski definition) is 3. The Morgan fingerprint density at radius 2 is 1.80 bits per heavy atom. The summed E-state index contributed by atoms with van der Waals surface area (Å²) >= 11 is 0. The fourth-order valence-corrected chi connectivity index (χ4v) is 1.90. The summed E-state index contributed by atoms with van der Waals surface area (Å²) in [6.45, 7) is 13.4. The highest BCUT2D eigenvalue weighted by atomic mass is 16.5. The number of nitrogens with zero attached hydrogens (tertiary/aromatic N) is 1. The summed E-state index contributed by atoms with van der Waals surface area (Å²) in [5, 5.41) is 0. The third-order valence-corrected chi connectivity index (χ3v) is 3.11. The van der Waals surface area contributed by atoms with Crippen LogP contribution in [0.15, 0.2) is 0 Å². The van der Waals surface area contributed by atoms with Gasteiger partial charge in [-0.05, 0) is 34.6 Å². The minimum absolute atomic E-state index is 0.0828. The van der Waals surface area contributed by atoms with Crippen molar-refractivity contribution in [3.8, 4) is 0 Å². The van der Waals surface area contributed by atoms with Crippen LogP contribution >= 0.6 is 0 Å². The monoisotopic (exact) mass is 215 g/mol. The van der Waals surface area contributed by atoms with E-state index in [-0.39, 0.29) is 11.2 Å². The van der Waals surface area contributed by atoms with Gasteiger partial charge in [-0.1, -0.05) is 0 Å². The maximum Gasteiger partial charge on any atom is 0.101 e. The first-order valence-electron chi connectivity index (χ1n) is 5.71. The molecule has 1 saturated heterocycles. The quantitative estimate of drug-likeness (QED) is 0.702. The molecular weight excluding hydrogens is 190 g/mol. The Labute approximate surface area is 93.7 Å². The van der Waals surface area contributed by atoms with E-state index in [2.05, 4.69) is 39.5 Å². The number of hydrogen-bond donors (Lipinski definition) is 0. The highest BCUT2D eigenvalue weighted by molar-refractivity contribution is 4.89. The normalized spacial score (nSPS) is 33.0. The smallest absolute Gasteiger partial charge is 0.101 e. The number of methoxy groups -OCH3 is 1. The van der Waals surface area contributed by atoms with Gasteiger partial charge in [0.05, 0.1) is 12.2 Å². The maximum absolute atomic E-state index is 5.91. The predicted molar refractivity (Wildman–Crippen MR) is 62.2 cm³/mol. The van der Waals surface area contributed by atoms with Crippen molar-refractivity contribution in [1.82, 2.24) is 4.90 Å². The van der Waals surface area contributed by atoms with E-state index in [1.54, 1.807) is 7.11 Å². The molecule has 0 aliphatic carbocycles. The minimum Gasteiger partial charge on any atom is -0.375 e. The second-order valence-electron chi connectivity index (χ2n) is 5.70. The van der Waals surface area contributed by atoms with Gasteiger partial charge in [-0.15, -0.1) is 0 Å². The van der Waals surface area contributed by atoms with Gasteiger partial charge >= 0.3 is 0 Å². The lowest BCUT2D eigenvalue weighted by atomic mass is 10.1. The third-order valence-electron chi connectivity index (χ3n) is 3.11. The summed E-state index contributed by atoms with van der Waals surface area (Å²) in [6.07, 6.45) is 0. The Morgan fingerprint density at radius 3 is 2.27 bits per heavy atom. The molecule has 0 radical (unpaired) electrons. The van der Waals surface area contributed by atoms with Crippen LogP contribution in [-0.2, 0) is 9.47 Å². The second-order valence-corrected chi connectivity index (χ2v) is 5.70. The van der Waals surface area contributed by atoms with Crippen LogP contribution in [0.3, 0.4) is 0 Å². The molecule has 0 aromatic rings. The van der Waals surface area contributed by atoms with Crippen LogP contribution in [0.25, 0.3) is 0 Å². The summed E-state index contributed by atoms with van der Waals surface area (Å²) in [4.78, 5) is 2.43. The standard InChI is InChI=1S/C12H25NO2/c1-10(2)13-7-11(3,4)15-9-12(5,8-13)14-6/h10H,7-9H2,1-6H3/t12-/m1/s1. The molecule has 1 aliphatic heterocycles. The molecule has 0 aromatic carbocycles. The molecule has 0 aromatic heterocycles. The van der Waals surface area contributed by atoms with Crippen LogP contribution in [0.4, 0.5) is 0 Å². The van der Waals surface area contributed by atoms with Gasteiger partial charge in [-0.25, -0.2) is 0 Å². The largest absolute Gasteiger partial charge is 0.375 e. The van der Waals surface area contributed by atoms with E-state index in [4.69, 9.17) is 9.47 Å². The molecule has 15 heavy (non-hydrogen) atoms. The van der Waals surface area contributed by atoms with Gasteiger partial charge in [0.25, 0.3) is 0 Å². The average Bonchev–Trinajstić information content (AvgIpc) is 2.25. The Balaban J connectivity index is 2.80. The minimum atomic E-state index is -0.183. The fourth-order valence-electron chi connectivity index (χ4n) is 1.90. The summed E-state index contributed by atoms with van der Waals surface area (Å²) in [5.41, 5.74) is -0.265. The lowest BCUT2D eigenvalue weighted by Crippen LogP contribution is -2.46. The molecule has 90 valence electrons. The van der Waals surface area contributed by atoms with Crippen LogP contribution in [0.5, 0.6) is 0 Å². The van der Waals surface area contributed by atoms with E-state index in [1.165, 1.54) is 0 Å². The molecule has 0 amide bonds. The van der Waals surface area contributed by atoms with Crippen molar-refractivity contribution in [2.45, 2.75) is 51.9 Å². The van der Waals surface area contributed by atoms with Crippen LogP contribution in [0.2, 0.25) is 0 Å². The Morgan fingerprint density at radius 1 is 1.20 bits per heavy atom. The lowest BCUT2D eigenvalue weighted by Gasteiger charge is -2.33. The Kier molecular flexibility index (Phi) is 3.80. The van der Waals surface area contributed by atoms with Gasteiger partial charge in [0.15, 0.2) is 0 Å². The van der Waals surface area contributed by atoms with Gasteiger partial charge in [0.1, 0.15) is 5.60 Å². The van der Waals surface area contributed by atoms with E-state index < -0.39 is 0 Å². The third kappa shape index (κ3) is 3.44. The van der Waals surface area contributed by atoms with Crippen LogP contribution in [0.1, 0.15) is 34.6 Å². The molecule has 1 rings (SSSR count). The van der Waals surface area contributed by atoms with Crippen molar-refractivity contribution in [2.24, 2.45) is 0 Å². The first-order chi connectivity index (χ1) is 6.78. The highest BCUT2D eigenvalue weighted by Crippen LogP contribution is 2.24. The summed E-state index contributed by atoms with van der Waals surface area (Å²) in [5.74, 6) is 0. The van der Waals surface area contributed by atoms with E-state index in [0.29, 0.717) is 12.6 Å². The molecule has 1 atom stereocenters. The summed E-state index contributed by atoms with van der Waals surface area (Å²) in [6, 6.07) is 0.528. The molecule has 1 heterocycles. The van der Waals surface area contributed by atoms with Crippen LogP contribution in [-0.4, -0.2) is 49.0 Å². The Bertz CT molecular complexity index is 216. The molecule has 1 aliphatic rings. The van der Waals surface area contributed by atoms with Crippen LogP contribution < -0.4 is 0 Å². The van der Waals surface area contributed by atoms with Gasteiger partial charge in [-0.2, -0.15) is 0 Å². The van der Waals surface area contributed by atoms with Gasteiger partial charge < -0.3 is 9.47 Å². The summed E-state index contributed by atoms with van der Waals surface area (Å²) in [7, 11) is 1.76. The fraction of sp³-hybridized carbons (Fsp3) is 1.00.